The molecule has 0 saturated carbocycles. The molecule has 0 rings (SSSR count). The zero-order valence-corrected chi connectivity index (χ0v) is 5.78. The van der Waals surface area contributed by atoms with Gasteiger partial charge in [-0.05, 0) is 6.42 Å². The molecule has 0 aliphatic rings. The van der Waals surface area contributed by atoms with E-state index in [1.807, 2.05) is 0 Å². The highest BCUT2D eigenvalue weighted by Gasteiger charge is 1.76. The van der Waals surface area contributed by atoms with Gasteiger partial charge in [-0.15, -0.1) is 0 Å². The second-order valence-corrected chi connectivity index (χ2v) is 1.43. The quantitative estimate of drug-likeness (QED) is 0.429. The van der Waals surface area contributed by atoms with Gasteiger partial charge in [0, 0.05) is 6.61 Å². The van der Waals surface area contributed by atoms with Gasteiger partial charge in [-0.25, -0.2) is 0 Å². The van der Waals surface area contributed by atoms with Crippen molar-refractivity contribution in [1.29, 1.82) is 0 Å². The van der Waals surface area contributed by atoms with Gasteiger partial charge in [0.15, 0.2) is 0 Å². The lowest BCUT2D eigenvalue weighted by Gasteiger charge is -1.85. The molecule has 0 unspecified atom stereocenters. The van der Waals surface area contributed by atoms with Crippen LogP contribution in [0.5, 0.6) is 0 Å². The Kier molecular flexibility index (Phi) is 21.3. The molecule has 52 valence electrons. The highest BCUT2D eigenvalue weighted by Crippen LogP contribution is 1.89. The third-order valence-electron chi connectivity index (χ3n) is 0.762. The minimum absolute atomic E-state index is 0.355. The maximum atomic E-state index is 8.20. The lowest BCUT2D eigenvalue weighted by atomic mass is 10.3. The van der Waals surface area contributed by atoms with E-state index in [4.69, 9.17) is 10.2 Å². The van der Waals surface area contributed by atoms with Gasteiger partial charge in [0.05, 0.1) is 0 Å². The maximum absolute atomic E-state index is 8.20. The SMILES string of the molecule is CCCCCO.C[OH2+]. The second-order valence-electron chi connectivity index (χ2n) is 1.43. The summed E-state index contributed by atoms with van der Waals surface area (Å²) in [5, 5.41) is 13.9. The molecule has 0 aromatic carbocycles. The molecule has 0 aromatic heterocycles. The molecular weight excluding hydrogens is 104 g/mol. The Morgan fingerprint density at radius 2 is 1.75 bits per heavy atom. The Morgan fingerprint density at radius 3 is 1.88 bits per heavy atom. The summed E-state index contributed by atoms with van der Waals surface area (Å²) in [6.07, 6.45) is 3.33. The average molecular weight is 121 g/mol. The Hall–Kier alpha value is -0.0800. The molecule has 0 fully saturated rings. The summed E-state index contributed by atoms with van der Waals surface area (Å²) in [6, 6.07) is 0. The Morgan fingerprint density at radius 1 is 1.25 bits per heavy atom. The minimum Gasteiger partial charge on any atom is -0.448 e. The number of aliphatic hydroxyl groups is 1. The largest absolute Gasteiger partial charge is 0.448 e. The van der Waals surface area contributed by atoms with Crippen LogP contribution >= 0.6 is 0 Å². The lowest BCUT2D eigenvalue weighted by Crippen LogP contribution is -1.78. The van der Waals surface area contributed by atoms with Crippen LogP contribution in [0.2, 0.25) is 0 Å². The average Bonchev–Trinajstić information content (AvgIpc) is 1.88. The van der Waals surface area contributed by atoms with Crippen molar-refractivity contribution in [3.63, 3.8) is 0 Å². The first kappa shape index (κ1) is 10.8. The molecule has 0 aromatic rings. The van der Waals surface area contributed by atoms with E-state index < -0.39 is 0 Å². The van der Waals surface area contributed by atoms with Gasteiger partial charge >= 0.3 is 0 Å². The third kappa shape index (κ3) is 16.8. The van der Waals surface area contributed by atoms with Gasteiger partial charge < -0.3 is 10.2 Å². The highest BCUT2D eigenvalue weighted by atomic mass is 16.3. The minimum atomic E-state index is 0.355. The smallest absolute Gasteiger partial charge is 0.133 e. The predicted molar refractivity (Wildman–Crippen MR) is 36.1 cm³/mol. The van der Waals surface area contributed by atoms with Crippen LogP contribution in [-0.4, -0.2) is 23.9 Å². The third-order valence-corrected chi connectivity index (χ3v) is 0.762. The first-order chi connectivity index (χ1) is 3.91. The summed E-state index contributed by atoms with van der Waals surface area (Å²) < 4.78 is 0. The fourth-order valence-electron chi connectivity index (χ4n) is 0.362. The van der Waals surface area contributed by atoms with Crippen LogP contribution in [0.1, 0.15) is 26.2 Å². The Bertz CT molecular complexity index is 18.5. The van der Waals surface area contributed by atoms with Gasteiger partial charge in [-0.2, -0.15) is 0 Å². The lowest BCUT2D eigenvalue weighted by molar-refractivity contribution is 0.284. The molecule has 0 amide bonds. The van der Waals surface area contributed by atoms with Crippen molar-refractivity contribution in [2.45, 2.75) is 26.2 Å². The van der Waals surface area contributed by atoms with Crippen molar-refractivity contribution in [3.8, 4) is 0 Å². The summed E-state index contributed by atoms with van der Waals surface area (Å²) in [4.78, 5) is 0. The topological polar surface area (TPSA) is 43.1 Å². The van der Waals surface area contributed by atoms with E-state index in [9.17, 15) is 0 Å². The normalized spacial score (nSPS) is 7.50. The van der Waals surface area contributed by atoms with Crippen LogP contribution in [0.15, 0.2) is 0 Å². The summed E-state index contributed by atoms with van der Waals surface area (Å²) >= 11 is 0. The number of unbranched alkanes of at least 4 members (excludes halogenated alkanes) is 2. The van der Waals surface area contributed by atoms with E-state index >= 15 is 0 Å². The maximum Gasteiger partial charge on any atom is 0.133 e. The zero-order valence-electron chi connectivity index (χ0n) is 5.78. The van der Waals surface area contributed by atoms with Gasteiger partial charge in [-0.3, -0.25) is 0 Å². The van der Waals surface area contributed by atoms with Gasteiger partial charge in [0.2, 0.25) is 0 Å². The molecule has 0 aliphatic heterocycles. The number of rotatable bonds is 3. The van der Waals surface area contributed by atoms with Crippen LogP contribution in [0, 0.1) is 0 Å². The number of hydrogen-bond acceptors (Lipinski definition) is 1. The van der Waals surface area contributed by atoms with Crippen LogP contribution in [0.4, 0.5) is 0 Å². The molecule has 8 heavy (non-hydrogen) atoms. The summed E-state index contributed by atoms with van der Waals surface area (Å²) in [7, 11) is 1.25. The monoisotopic (exact) mass is 121 g/mol. The molecular formula is C6H17O2+. The first-order valence-electron chi connectivity index (χ1n) is 3.02. The van der Waals surface area contributed by atoms with Gasteiger partial charge in [-0.1, -0.05) is 19.8 Å². The van der Waals surface area contributed by atoms with E-state index in [-0.39, 0.29) is 0 Å². The van der Waals surface area contributed by atoms with Crippen molar-refractivity contribution >= 4 is 0 Å². The predicted octanol–water partition coefficient (Wildman–Crippen LogP) is 0.510. The molecule has 0 aliphatic carbocycles. The fourth-order valence-corrected chi connectivity index (χ4v) is 0.362. The summed E-state index contributed by atoms with van der Waals surface area (Å²) in [5.41, 5.74) is 0. The molecule has 0 saturated heterocycles. The summed E-state index contributed by atoms with van der Waals surface area (Å²) in [5.74, 6) is 0. The van der Waals surface area contributed by atoms with Crippen LogP contribution in [0.25, 0.3) is 0 Å². The van der Waals surface area contributed by atoms with Crippen LogP contribution in [-0.2, 0) is 0 Å². The van der Waals surface area contributed by atoms with Crippen molar-refractivity contribution in [2.75, 3.05) is 13.7 Å². The second kappa shape index (κ2) is 15.8. The molecule has 0 atom stereocenters. The van der Waals surface area contributed by atoms with E-state index in [0.717, 1.165) is 12.8 Å². The standard InChI is InChI=1S/C5H12O.CH4O/c1-2-3-4-5-6;1-2/h6H,2-5H2,1H3;2H,1H3/p+1. The van der Waals surface area contributed by atoms with E-state index in [1.165, 1.54) is 13.5 Å². The molecule has 2 heteroatoms. The van der Waals surface area contributed by atoms with Gasteiger partial charge in [0.25, 0.3) is 0 Å². The van der Waals surface area contributed by atoms with Crippen molar-refractivity contribution in [2.24, 2.45) is 0 Å². The van der Waals surface area contributed by atoms with Crippen molar-refractivity contribution < 1.29 is 10.2 Å². The fraction of sp³-hybridized carbons (Fsp3) is 1.00. The van der Waals surface area contributed by atoms with Crippen LogP contribution < -0.4 is 0 Å². The van der Waals surface area contributed by atoms with Crippen LogP contribution in [0.3, 0.4) is 0 Å². The molecule has 3 N–H and O–H groups in total. The zero-order chi connectivity index (χ0) is 6.83. The van der Waals surface area contributed by atoms with Crippen molar-refractivity contribution in [1.82, 2.24) is 0 Å². The van der Waals surface area contributed by atoms with Gasteiger partial charge in [0.1, 0.15) is 7.11 Å². The number of hydrogen-bond donors (Lipinski definition) is 1. The van der Waals surface area contributed by atoms with Crippen molar-refractivity contribution in [3.05, 3.63) is 0 Å². The summed E-state index contributed by atoms with van der Waals surface area (Å²) in [6.45, 7) is 2.48. The molecule has 2 nitrogen and oxygen atoms in total. The molecule has 0 heterocycles. The highest BCUT2D eigenvalue weighted by molar-refractivity contribution is 4.30. The molecule has 0 radical (unpaired) electrons. The Labute approximate surface area is 51.2 Å². The number of aliphatic hydroxyl groups excluding tert-OH is 1. The molecule has 0 bridgehead atoms. The first-order valence-corrected chi connectivity index (χ1v) is 3.02. The van der Waals surface area contributed by atoms with E-state index in [2.05, 4.69) is 6.92 Å². The molecule has 0 spiro atoms. The van der Waals surface area contributed by atoms with E-state index in [0.29, 0.717) is 6.61 Å². The Balaban J connectivity index is 0. The van der Waals surface area contributed by atoms with E-state index in [1.54, 1.807) is 0 Å².